The third kappa shape index (κ3) is 30.3. The van der Waals surface area contributed by atoms with Crippen molar-refractivity contribution in [2.45, 2.75) is 193 Å². The number of nitrogens with zero attached hydrogens (tertiary/aromatic N) is 1. The number of aliphatic hydroxyl groups is 1. The average Bonchev–Trinajstić information content (AvgIpc) is 3.08. The maximum atomic E-state index is 12.1. The number of esters is 1. The maximum Gasteiger partial charge on any atom is 0.305 e. The molecule has 1 heterocycles. The topological polar surface area (TPSA) is 96.6 Å². The van der Waals surface area contributed by atoms with Crippen molar-refractivity contribution in [3.63, 3.8) is 0 Å². The van der Waals surface area contributed by atoms with Gasteiger partial charge in [-0.2, -0.15) is 0 Å². The van der Waals surface area contributed by atoms with E-state index < -0.39 is 17.8 Å². The SMILES string of the molecule is CCCCCCCCCCCCCCC(=O)C(=O)NCC(O)COC(=O)CCCCCCCCCCCCCCC[n+]1ccccc1.[Br-]. The molecule has 0 saturated carbocycles. The standard InChI is InChI=1S/C40H70N2O5.BrH/c1-2-3-4-5-6-7-8-12-15-18-21-25-30-38(44)40(46)41-35-37(43)36-47-39(45)31-26-22-19-16-13-10-9-11-14-17-20-23-27-32-42-33-28-24-29-34-42;/h24,28-29,33-34,37,43H,2-23,25-27,30-32,35-36H2,1H3;1H. The van der Waals surface area contributed by atoms with Crippen LogP contribution in [0.2, 0.25) is 0 Å². The fraction of sp³-hybridized carbons (Fsp3) is 0.800. The molecule has 0 aromatic carbocycles. The highest BCUT2D eigenvalue weighted by atomic mass is 79.9. The zero-order chi connectivity index (χ0) is 34.0. The van der Waals surface area contributed by atoms with E-state index >= 15 is 0 Å². The summed E-state index contributed by atoms with van der Waals surface area (Å²) in [4.78, 5) is 36.1. The Balaban J connectivity index is 0.0000221. The first-order valence-corrected chi connectivity index (χ1v) is 19.6. The average molecular weight is 740 g/mol. The largest absolute Gasteiger partial charge is 1.00 e. The van der Waals surface area contributed by atoms with Gasteiger partial charge in [0.15, 0.2) is 12.4 Å². The molecule has 0 aliphatic heterocycles. The number of pyridine rings is 1. The van der Waals surface area contributed by atoms with Crippen molar-refractivity contribution >= 4 is 17.7 Å². The van der Waals surface area contributed by atoms with Crippen molar-refractivity contribution in [1.29, 1.82) is 0 Å². The summed E-state index contributed by atoms with van der Waals surface area (Å²) in [6, 6.07) is 6.24. The summed E-state index contributed by atoms with van der Waals surface area (Å²) in [7, 11) is 0. The molecule has 0 spiro atoms. The number of nitrogens with one attached hydrogen (secondary N) is 1. The zero-order valence-corrected chi connectivity index (χ0v) is 32.2. The van der Waals surface area contributed by atoms with E-state index in [1.165, 1.54) is 122 Å². The Morgan fingerprint density at radius 2 is 1.02 bits per heavy atom. The Kier molecular flexibility index (Phi) is 33.7. The van der Waals surface area contributed by atoms with E-state index in [1.807, 2.05) is 0 Å². The molecule has 1 amide bonds. The van der Waals surface area contributed by atoms with E-state index in [0.29, 0.717) is 6.42 Å². The number of Topliss-reactive ketones (excluding diaryl/α,β-unsaturated/α-hetero) is 1. The number of carbonyl (C=O) groups is 3. The van der Waals surface area contributed by atoms with Crippen molar-refractivity contribution in [2.75, 3.05) is 13.2 Å². The Labute approximate surface area is 304 Å². The van der Waals surface area contributed by atoms with Crippen LogP contribution < -0.4 is 26.9 Å². The van der Waals surface area contributed by atoms with Gasteiger partial charge in [0.25, 0.3) is 5.91 Å². The number of aromatic nitrogens is 1. The first-order valence-electron chi connectivity index (χ1n) is 19.6. The first-order chi connectivity index (χ1) is 23.0. The summed E-state index contributed by atoms with van der Waals surface area (Å²) >= 11 is 0. The van der Waals surface area contributed by atoms with Crippen LogP contribution in [-0.2, 0) is 25.7 Å². The molecule has 278 valence electrons. The normalized spacial score (nSPS) is 11.5. The summed E-state index contributed by atoms with van der Waals surface area (Å²) in [5.74, 6) is -1.43. The van der Waals surface area contributed by atoms with E-state index in [2.05, 4.69) is 47.4 Å². The number of rotatable bonds is 34. The number of halogens is 1. The van der Waals surface area contributed by atoms with Gasteiger partial charge in [-0.25, -0.2) is 4.57 Å². The molecule has 1 rings (SSSR count). The number of hydrogen-bond donors (Lipinski definition) is 2. The van der Waals surface area contributed by atoms with Gasteiger partial charge in [0.2, 0.25) is 5.78 Å². The minimum atomic E-state index is -1.01. The predicted octanol–water partition coefficient (Wildman–Crippen LogP) is 6.12. The molecule has 1 atom stereocenters. The van der Waals surface area contributed by atoms with Gasteiger partial charge in [-0.05, 0) is 19.3 Å². The van der Waals surface area contributed by atoms with Crippen molar-refractivity contribution < 1.29 is 45.8 Å². The predicted molar refractivity (Wildman–Crippen MR) is 192 cm³/mol. The quantitative estimate of drug-likeness (QED) is 0.0385. The van der Waals surface area contributed by atoms with E-state index in [4.69, 9.17) is 4.74 Å². The molecule has 2 N–H and O–H groups in total. The van der Waals surface area contributed by atoms with Crippen LogP contribution in [0, 0.1) is 0 Å². The van der Waals surface area contributed by atoms with Gasteiger partial charge >= 0.3 is 5.97 Å². The third-order valence-corrected chi connectivity index (χ3v) is 9.02. The van der Waals surface area contributed by atoms with E-state index in [1.54, 1.807) is 0 Å². The van der Waals surface area contributed by atoms with Gasteiger partial charge in [-0.1, -0.05) is 148 Å². The van der Waals surface area contributed by atoms with Crippen LogP contribution in [0.3, 0.4) is 0 Å². The Hall–Kier alpha value is -1.80. The number of ketones is 1. The molecule has 48 heavy (non-hydrogen) atoms. The van der Waals surface area contributed by atoms with Crippen LogP contribution in [0.5, 0.6) is 0 Å². The van der Waals surface area contributed by atoms with Gasteiger partial charge in [-0.3, -0.25) is 14.4 Å². The van der Waals surface area contributed by atoms with Crippen molar-refractivity contribution in [3.05, 3.63) is 30.6 Å². The number of carbonyl (C=O) groups excluding carboxylic acids is 3. The maximum absolute atomic E-state index is 12.1. The van der Waals surface area contributed by atoms with Gasteiger partial charge in [0, 0.05) is 37.9 Å². The fourth-order valence-electron chi connectivity index (χ4n) is 5.96. The molecule has 1 aromatic heterocycles. The van der Waals surface area contributed by atoms with Crippen LogP contribution in [0.4, 0.5) is 0 Å². The monoisotopic (exact) mass is 738 g/mol. The second-order valence-corrected chi connectivity index (χ2v) is 13.6. The summed E-state index contributed by atoms with van der Waals surface area (Å²) in [6.07, 6.45) is 34.4. The lowest BCUT2D eigenvalue weighted by molar-refractivity contribution is -0.697. The molecule has 1 unspecified atom stereocenters. The molecule has 0 bridgehead atoms. The van der Waals surface area contributed by atoms with Crippen LogP contribution >= 0.6 is 0 Å². The summed E-state index contributed by atoms with van der Waals surface area (Å²) in [5.41, 5.74) is 0. The fourth-order valence-corrected chi connectivity index (χ4v) is 5.96. The lowest BCUT2D eigenvalue weighted by atomic mass is 10.0. The van der Waals surface area contributed by atoms with E-state index in [0.717, 1.165) is 45.1 Å². The summed E-state index contributed by atoms with van der Waals surface area (Å²) in [6.45, 7) is 3.10. The minimum Gasteiger partial charge on any atom is -1.00 e. The van der Waals surface area contributed by atoms with Crippen LogP contribution in [0.15, 0.2) is 30.6 Å². The van der Waals surface area contributed by atoms with Crippen molar-refractivity contribution in [2.24, 2.45) is 0 Å². The Morgan fingerprint density at radius 1 is 0.604 bits per heavy atom. The molecule has 0 aliphatic carbocycles. The van der Waals surface area contributed by atoms with Crippen LogP contribution in [-0.4, -0.2) is 42.0 Å². The Bertz CT molecular complexity index is 886. The smallest absolute Gasteiger partial charge is 0.305 e. The molecular weight excluding hydrogens is 668 g/mol. The molecule has 0 aliphatic rings. The number of ether oxygens (including phenoxy) is 1. The molecule has 1 aromatic rings. The molecule has 0 radical (unpaired) electrons. The van der Waals surface area contributed by atoms with Gasteiger partial charge < -0.3 is 32.1 Å². The summed E-state index contributed by atoms with van der Waals surface area (Å²) in [5, 5.41) is 12.5. The van der Waals surface area contributed by atoms with Gasteiger partial charge in [0.05, 0.1) is 0 Å². The molecule has 0 fully saturated rings. The summed E-state index contributed by atoms with van der Waals surface area (Å²) < 4.78 is 7.41. The third-order valence-electron chi connectivity index (χ3n) is 9.02. The number of unbranched alkanes of at least 4 members (excludes halogenated alkanes) is 23. The highest BCUT2D eigenvalue weighted by Gasteiger charge is 2.15. The highest BCUT2D eigenvalue weighted by molar-refractivity contribution is 6.36. The lowest BCUT2D eigenvalue weighted by Gasteiger charge is -2.12. The second kappa shape index (κ2) is 35.0. The molecular formula is C40H71BrN2O5. The number of amides is 1. The number of hydrogen-bond acceptors (Lipinski definition) is 5. The van der Waals surface area contributed by atoms with Crippen LogP contribution in [0.25, 0.3) is 0 Å². The van der Waals surface area contributed by atoms with Gasteiger partial charge in [0.1, 0.15) is 19.3 Å². The first kappa shape index (κ1) is 46.2. The van der Waals surface area contributed by atoms with Crippen LogP contribution in [0.1, 0.15) is 180 Å². The molecule has 7 nitrogen and oxygen atoms in total. The van der Waals surface area contributed by atoms with E-state index in [9.17, 15) is 19.5 Å². The molecule has 0 saturated heterocycles. The van der Waals surface area contributed by atoms with Crippen molar-refractivity contribution in [3.8, 4) is 0 Å². The minimum absolute atomic E-state index is 0. The van der Waals surface area contributed by atoms with Crippen molar-refractivity contribution in [1.82, 2.24) is 5.32 Å². The number of aliphatic hydroxyl groups excluding tert-OH is 1. The Morgan fingerprint density at radius 3 is 1.50 bits per heavy atom. The zero-order valence-electron chi connectivity index (χ0n) is 30.6. The second-order valence-electron chi connectivity index (χ2n) is 13.6. The lowest BCUT2D eigenvalue weighted by Crippen LogP contribution is -3.00. The van der Waals surface area contributed by atoms with E-state index in [-0.39, 0.29) is 42.5 Å². The molecule has 8 heteroatoms. The van der Waals surface area contributed by atoms with Gasteiger partial charge in [-0.15, -0.1) is 0 Å². The number of aryl methyl sites for hydroxylation is 1. The highest BCUT2D eigenvalue weighted by Crippen LogP contribution is 2.14.